The van der Waals surface area contributed by atoms with Crippen molar-refractivity contribution in [2.75, 3.05) is 31.1 Å². The van der Waals surface area contributed by atoms with Gasteiger partial charge in [-0.2, -0.15) is 0 Å². The van der Waals surface area contributed by atoms with E-state index in [1.807, 2.05) is 24.0 Å². The van der Waals surface area contributed by atoms with Gasteiger partial charge in [0.05, 0.1) is 6.04 Å². The molecular weight excluding hydrogens is 292 g/mol. The van der Waals surface area contributed by atoms with E-state index in [-0.39, 0.29) is 12.1 Å². The van der Waals surface area contributed by atoms with Crippen LogP contribution >= 0.6 is 0 Å². The lowest BCUT2D eigenvalue weighted by Gasteiger charge is -2.35. The molecule has 1 aliphatic heterocycles. The van der Waals surface area contributed by atoms with Crippen molar-refractivity contribution < 1.29 is 4.79 Å². The lowest BCUT2D eigenvalue weighted by molar-refractivity contribution is 0.191. The zero-order valence-electron chi connectivity index (χ0n) is 13.1. The Hall–Kier alpha value is -2.70. The molecule has 0 saturated carbocycles. The summed E-state index contributed by atoms with van der Waals surface area (Å²) in [7, 11) is 0. The fraction of sp³-hybridized carbons (Fsp3) is 0.375. The summed E-state index contributed by atoms with van der Waals surface area (Å²) in [5, 5.41) is 3.03. The van der Waals surface area contributed by atoms with Crippen LogP contribution in [0.2, 0.25) is 0 Å². The maximum absolute atomic E-state index is 12.4. The summed E-state index contributed by atoms with van der Waals surface area (Å²) >= 11 is 0. The predicted octanol–water partition coefficient (Wildman–Crippen LogP) is 1.46. The van der Waals surface area contributed by atoms with Gasteiger partial charge in [0.25, 0.3) is 0 Å². The minimum atomic E-state index is -0.0408. The molecule has 1 N–H and O–H groups in total. The zero-order valence-corrected chi connectivity index (χ0v) is 13.1. The fourth-order valence-electron chi connectivity index (χ4n) is 2.58. The van der Waals surface area contributed by atoms with Crippen LogP contribution in [0, 0.1) is 0 Å². The van der Waals surface area contributed by atoms with E-state index in [9.17, 15) is 4.79 Å². The van der Waals surface area contributed by atoms with Gasteiger partial charge in [-0.05, 0) is 30.7 Å². The molecule has 2 amide bonds. The van der Waals surface area contributed by atoms with Crippen LogP contribution in [-0.4, -0.2) is 52.1 Å². The molecule has 1 saturated heterocycles. The minimum absolute atomic E-state index is 0.0389. The number of nitrogens with one attached hydrogen (secondary N) is 1. The monoisotopic (exact) mass is 312 g/mol. The molecule has 3 heterocycles. The molecule has 0 aliphatic carbocycles. The van der Waals surface area contributed by atoms with Gasteiger partial charge in [0.2, 0.25) is 5.95 Å². The molecule has 2 aromatic rings. The summed E-state index contributed by atoms with van der Waals surface area (Å²) in [4.78, 5) is 28.8. The van der Waals surface area contributed by atoms with Crippen LogP contribution in [0.3, 0.4) is 0 Å². The van der Waals surface area contributed by atoms with Gasteiger partial charge in [0.1, 0.15) is 0 Å². The molecular formula is C16H20N6O. The Bertz CT molecular complexity index is 628. The highest BCUT2D eigenvalue weighted by Crippen LogP contribution is 2.13. The van der Waals surface area contributed by atoms with E-state index in [4.69, 9.17) is 0 Å². The Morgan fingerprint density at radius 3 is 2.39 bits per heavy atom. The summed E-state index contributed by atoms with van der Waals surface area (Å²) in [6.45, 7) is 4.77. The average molecular weight is 312 g/mol. The van der Waals surface area contributed by atoms with Crippen molar-refractivity contribution in [3.63, 3.8) is 0 Å². The number of urea groups is 1. The second kappa shape index (κ2) is 7.04. The first-order valence-corrected chi connectivity index (χ1v) is 7.71. The number of amides is 2. The number of rotatable bonds is 3. The average Bonchev–Trinajstić information content (AvgIpc) is 2.63. The molecule has 0 aromatic carbocycles. The molecule has 0 bridgehead atoms. The van der Waals surface area contributed by atoms with Crippen molar-refractivity contribution in [2.45, 2.75) is 13.0 Å². The quantitative estimate of drug-likeness (QED) is 0.929. The first-order chi connectivity index (χ1) is 11.2. The van der Waals surface area contributed by atoms with Crippen molar-refractivity contribution in [1.29, 1.82) is 0 Å². The molecule has 3 rings (SSSR count). The molecule has 2 aromatic heterocycles. The Labute approximate surface area is 135 Å². The van der Waals surface area contributed by atoms with Gasteiger partial charge < -0.3 is 15.1 Å². The largest absolute Gasteiger partial charge is 0.337 e. The van der Waals surface area contributed by atoms with E-state index in [1.165, 1.54) is 0 Å². The van der Waals surface area contributed by atoms with Crippen LogP contribution in [0.5, 0.6) is 0 Å². The van der Waals surface area contributed by atoms with Crippen molar-refractivity contribution >= 4 is 12.0 Å². The summed E-state index contributed by atoms with van der Waals surface area (Å²) in [5.41, 5.74) is 1.05. The number of hydrogen-bond acceptors (Lipinski definition) is 5. The number of carbonyl (C=O) groups excluding carboxylic acids is 1. The highest BCUT2D eigenvalue weighted by atomic mass is 16.2. The van der Waals surface area contributed by atoms with Crippen LogP contribution in [-0.2, 0) is 0 Å². The number of hydrogen-bond donors (Lipinski definition) is 1. The van der Waals surface area contributed by atoms with E-state index < -0.39 is 0 Å². The summed E-state index contributed by atoms with van der Waals surface area (Å²) in [6.07, 6.45) is 6.93. The van der Waals surface area contributed by atoms with Gasteiger partial charge in [-0.1, -0.05) is 0 Å². The number of nitrogens with zero attached hydrogens (tertiary/aromatic N) is 5. The van der Waals surface area contributed by atoms with Crippen LogP contribution in [0.1, 0.15) is 18.5 Å². The number of carbonyl (C=O) groups is 1. The van der Waals surface area contributed by atoms with Crippen LogP contribution in [0.4, 0.5) is 10.7 Å². The molecule has 7 heteroatoms. The van der Waals surface area contributed by atoms with Crippen LogP contribution < -0.4 is 10.2 Å². The van der Waals surface area contributed by atoms with Crippen molar-refractivity contribution in [3.05, 3.63) is 48.5 Å². The third-order valence-corrected chi connectivity index (χ3v) is 3.95. The van der Waals surface area contributed by atoms with Crippen molar-refractivity contribution in [2.24, 2.45) is 0 Å². The molecule has 0 unspecified atom stereocenters. The van der Waals surface area contributed by atoms with Crippen LogP contribution in [0.25, 0.3) is 0 Å². The fourth-order valence-corrected chi connectivity index (χ4v) is 2.58. The van der Waals surface area contributed by atoms with Gasteiger partial charge in [-0.15, -0.1) is 0 Å². The number of aromatic nitrogens is 3. The third-order valence-electron chi connectivity index (χ3n) is 3.95. The van der Waals surface area contributed by atoms with Gasteiger partial charge in [-0.25, -0.2) is 14.8 Å². The van der Waals surface area contributed by atoms with E-state index in [2.05, 4.69) is 25.2 Å². The normalized spacial score (nSPS) is 16.0. The number of anilines is 1. The van der Waals surface area contributed by atoms with Crippen molar-refractivity contribution in [1.82, 2.24) is 25.2 Å². The Morgan fingerprint density at radius 2 is 1.74 bits per heavy atom. The SMILES string of the molecule is C[C@H](NC(=O)N1CCN(c2ncccn2)CC1)c1ccncc1. The lowest BCUT2D eigenvalue weighted by atomic mass is 10.1. The Balaban J connectivity index is 1.52. The molecule has 0 spiro atoms. The first kappa shape index (κ1) is 15.2. The molecule has 23 heavy (non-hydrogen) atoms. The highest BCUT2D eigenvalue weighted by molar-refractivity contribution is 5.75. The topological polar surface area (TPSA) is 74.2 Å². The third kappa shape index (κ3) is 3.74. The predicted molar refractivity (Wildman–Crippen MR) is 87.0 cm³/mol. The summed E-state index contributed by atoms with van der Waals surface area (Å²) in [5.74, 6) is 0.720. The minimum Gasteiger partial charge on any atom is -0.337 e. The standard InChI is InChI=1S/C16H20N6O/c1-13(14-3-7-17-8-4-14)20-16(23)22-11-9-21(10-12-22)15-18-5-2-6-19-15/h2-8,13H,9-12H2,1H3,(H,20,23)/t13-/m0/s1. The Kier molecular flexibility index (Phi) is 4.65. The smallest absolute Gasteiger partial charge is 0.317 e. The summed E-state index contributed by atoms with van der Waals surface area (Å²) in [6, 6.07) is 5.54. The van der Waals surface area contributed by atoms with Gasteiger partial charge >= 0.3 is 6.03 Å². The second-order valence-electron chi connectivity index (χ2n) is 5.47. The first-order valence-electron chi connectivity index (χ1n) is 7.71. The molecule has 1 fully saturated rings. The maximum atomic E-state index is 12.4. The molecule has 1 aliphatic rings. The van der Waals surface area contributed by atoms with Crippen molar-refractivity contribution in [3.8, 4) is 0 Å². The number of piperazine rings is 1. The molecule has 1 atom stereocenters. The van der Waals surface area contributed by atoms with E-state index in [1.54, 1.807) is 30.9 Å². The maximum Gasteiger partial charge on any atom is 0.317 e. The summed E-state index contributed by atoms with van der Waals surface area (Å²) < 4.78 is 0. The molecule has 7 nitrogen and oxygen atoms in total. The Morgan fingerprint density at radius 1 is 1.09 bits per heavy atom. The van der Waals surface area contributed by atoms with Gasteiger partial charge in [0.15, 0.2) is 0 Å². The van der Waals surface area contributed by atoms with Gasteiger partial charge in [0, 0.05) is 51.0 Å². The van der Waals surface area contributed by atoms with Crippen LogP contribution in [0.15, 0.2) is 43.0 Å². The zero-order chi connectivity index (χ0) is 16.1. The van der Waals surface area contributed by atoms with Gasteiger partial charge in [-0.3, -0.25) is 4.98 Å². The molecule has 0 radical (unpaired) electrons. The molecule has 120 valence electrons. The van der Waals surface area contributed by atoms with E-state index in [0.717, 1.165) is 24.6 Å². The highest BCUT2D eigenvalue weighted by Gasteiger charge is 2.23. The lowest BCUT2D eigenvalue weighted by Crippen LogP contribution is -2.52. The van der Waals surface area contributed by atoms with E-state index in [0.29, 0.717) is 13.1 Å². The van der Waals surface area contributed by atoms with E-state index >= 15 is 0 Å². The second-order valence-corrected chi connectivity index (χ2v) is 5.47. The number of pyridine rings is 1.